The molecule has 0 saturated heterocycles. The van der Waals surface area contributed by atoms with E-state index in [1.54, 1.807) is 0 Å². The minimum atomic E-state index is 0.403. The molecule has 0 heterocycles. The molecule has 0 fully saturated rings. The highest BCUT2D eigenvalue weighted by atomic mass is 79.9. The van der Waals surface area contributed by atoms with Crippen molar-refractivity contribution in [2.75, 3.05) is 0 Å². The van der Waals surface area contributed by atoms with E-state index in [0.717, 1.165) is 16.3 Å². The predicted molar refractivity (Wildman–Crippen MR) is 66.6 cm³/mol. The van der Waals surface area contributed by atoms with Crippen LogP contribution in [0.5, 0.6) is 0 Å². The van der Waals surface area contributed by atoms with Gasteiger partial charge >= 0.3 is 0 Å². The van der Waals surface area contributed by atoms with Gasteiger partial charge in [-0.25, -0.2) is 0 Å². The summed E-state index contributed by atoms with van der Waals surface area (Å²) >= 11 is 3.12. The van der Waals surface area contributed by atoms with Gasteiger partial charge in [-0.1, -0.05) is 52.3 Å². The van der Waals surface area contributed by atoms with Crippen LogP contribution in [0, 0.1) is 4.91 Å². The van der Waals surface area contributed by atoms with Gasteiger partial charge in [0, 0.05) is 10.5 Å². The van der Waals surface area contributed by atoms with E-state index in [1.165, 1.54) is 4.99 Å². The molecule has 0 N–H and O–H groups in total. The molecule has 0 bridgehead atoms. The van der Waals surface area contributed by atoms with Crippen molar-refractivity contribution in [2.45, 2.75) is 0 Å². The lowest BCUT2D eigenvalue weighted by atomic mass is 10.1. The summed E-state index contributed by atoms with van der Waals surface area (Å²) in [5, 5.41) is 5.20. The maximum absolute atomic E-state index is 10.5. The second kappa shape index (κ2) is 4.36. The molecule has 15 heavy (non-hydrogen) atoms. The highest BCUT2D eigenvalue weighted by molar-refractivity contribution is 9.11. The van der Waals surface area contributed by atoms with Gasteiger partial charge in [0.25, 0.3) is 0 Å². The molecule has 0 aliphatic heterocycles. The summed E-state index contributed by atoms with van der Waals surface area (Å²) in [6, 6.07) is 13.8. The lowest BCUT2D eigenvalue weighted by molar-refractivity contribution is 1.51. The van der Waals surface area contributed by atoms with E-state index >= 15 is 0 Å². The molecule has 2 nitrogen and oxygen atoms in total. The van der Waals surface area contributed by atoms with Crippen molar-refractivity contribution < 1.29 is 0 Å². The van der Waals surface area contributed by atoms with Crippen LogP contribution in [-0.2, 0) is 0 Å². The molecule has 0 atom stereocenters. The third-order valence-electron chi connectivity index (χ3n) is 2.25. The topological polar surface area (TPSA) is 29.4 Å². The summed E-state index contributed by atoms with van der Waals surface area (Å²) in [5.41, 5.74) is 1.22. The summed E-state index contributed by atoms with van der Waals surface area (Å²) < 4.78 is 0. The fourth-order valence-corrected chi connectivity index (χ4v) is 1.83. The van der Waals surface area contributed by atoms with Crippen LogP contribution in [0.15, 0.2) is 52.6 Å². The van der Waals surface area contributed by atoms with Gasteiger partial charge < -0.3 is 0 Å². The summed E-state index contributed by atoms with van der Waals surface area (Å²) in [4.78, 5) is 12.1. The van der Waals surface area contributed by atoms with Crippen LogP contribution in [-0.4, -0.2) is 0 Å². The van der Waals surface area contributed by atoms with Gasteiger partial charge in [0.2, 0.25) is 0 Å². The number of hydrogen-bond acceptors (Lipinski definition) is 2. The maximum atomic E-state index is 10.5. The second-order valence-corrected chi connectivity index (χ2v) is 3.61. The second-order valence-electron chi connectivity index (χ2n) is 3.15. The molecule has 0 radical (unpaired) electrons. The first-order valence-electron chi connectivity index (χ1n) is 4.48. The molecule has 0 saturated carbocycles. The van der Waals surface area contributed by atoms with Gasteiger partial charge in [-0.05, 0) is 22.0 Å². The molecule has 2 aromatic carbocycles. The Morgan fingerprint density at radius 1 is 1.13 bits per heavy atom. The van der Waals surface area contributed by atoms with Crippen LogP contribution in [0.3, 0.4) is 0 Å². The summed E-state index contributed by atoms with van der Waals surface area (Å²) in [5.74, 6) is 0. The monoisotopic (exact) mass is 261 g/mol. The number of fused-ring (bicyclic) bond motifs is 1. The fraction of sp³-hybridized carbons (Fsp3) is 0. The molecule has 2 aromatic rings. The minimum absolute atomic E-state index is 0.403. The molecule has 0 amide bonds. The number of hydrogen-bond donors (Lipinski definition) is 0. The number of rotatable bonds is 2. The first-order chi connectivity index (χ1) is 7.35. The largest absolute Gasteiger partial charge is 0.145 e. The Balaban J connectivity index is 2.61. The van der Waals surface area contributed by atoms with Gasteiger partial charge in [0.1, 0.15) is 5.70 Å². The van der Waals surface area contributed by atoms with Crippen LogP contribution in [0.25, 0.3) is 16.5 Å². The highest BCUT2D eigenvalue weighted by Gasteiger charge is 2.01. The Bertz CT molecular complexity index is 534. The Kier molecular flexibility index (Phi) is 2.92. The van der Waals surface area contributed by atoms with Gasteiger partial charge in [0.05, 0.1) is 0 Å². The van der Waals surface area contributed by atoms with Crippen LogP contribution >= 0.6 is 15.9 Å². The van der Waals surface area contributed by atoms with Gasteiger partial charge in [-0.3, -0.25) is 0 Å². The molecule has 0 aliphatic rings. The number of nitrogens with zero attached hydrogens (tertiary/aromatic N) is 1. The average Bonchev–Trinajstić information content (AvgIpc) is 2.30. The van der Waals surface area contributed by atoms with Crippen molar-refractivity contribution in [3.8, 4) is 0 Å². The molecule has 3 heteroatoms. The number of nitroso groups, excluding NO2 is 1. The van der Waals surface area contributed by atoms with Crippen molar-refractivity contribution in [3.63, 3.8) is 0 Å². The van der Waals surface area contributed by atoms with Crippen molar-refractivity contribution >= 4 is 32.4 Å². The summed E-state index contributed by atoms with van der Waals surface area (Å²) in [7, 11) is 0. The van der Waals surface area contributed by atoms with E-state index in [4.69, 9.17) is 0 Å². The fourth-order valence-electron chi connectivity index (χ4n) is 1.48. The summed E-state index contributed by atoms with van der Waals surface area (Å²) in [6.45, 7) is 0. The Labute approximate surface area is 95.7 Å². The van der Waals surface area contributed by atoms with E-state index in [-0.39, 0.29) is 0 Å². The van der Waals surface area contributed by atoms with Crippen molar-refractivity contribution in [3.05, 3.63) is 57.9 Å². The first kappa shape index (κ1) is 10.1. The zero-order chi connectivity index (χ0) is 10.7. The Morgan fingerprint density at radius 2 is 1.87 bits per heavy atom. The van der Waals surface area contributed by atoms with E-state index < -0.39 is 0 Å². The first-order valence-corrected chi connectivity index (χ1v) is 5.39. The molecule has 0 spiro atoms. The van der Waals surface area contributed by atoms with Crippen molar-refractivity contribution in [1.82, 2.24) is 0 Å². The average molecular weight is 262 g/mol. The highest BCUT2D eigenvalue weighted by Crippen LogP contribution is 2.22. The summed E-state index contributed by atoms with van der Waals surface area (Å²) in [6.07, 6.45) is 0. The van der Waals surface area contributed by atoms with Gasteiger partial charge in [0.15, 0.2) is 0 Å². The molecule has 0 aliphatic carbocycles. The number of benzene rings is 2. The molecular formula is C12H8BrNO. The van der Waals surface area contributed by atoms with E-state index in [2.05, 4.69) is 21.1 Å². The van der Waals surface area contributed by atoms with Gasteiger partial charge in [-0.15, -0.1) is 4.91 Å². The molecule has 2 rings (SSSR count). The predicted octanol–water partition coefficient (Wildman–Crippen LogP) is 4.30. The maximum Gasteiger partial charge on any atom is 0.122 e. The van der Waals surface area contributed by atoms with Crippen LogP contribution in [0.4, 0.5) is 0 Å². The number of halogens is 1. The quantitative estimate of drug-likeness (QED) is 0.742. The normalized spacial score (nSPS) is 11.7. The van der Waals surface area contributed by atoms with E-state index in [1.807, 2.05) is 42.5 Å². The lowest BCUT2D eigenvalue weighted by Crippen LogP contribution is -1.80. The Hall–Kier alpha value is -1.48. The lowest BCUT2D eigenvalue weighted by Gasteiger charge is -2.01. The third kappa shape index (κ3) is 1.97. The van der Waals surface area contributed by atoms with Crippen molar-refractivity contribution in [1.29, 1.82) is 0 Å². The third-order valence-corrected chi connectivity index (χ3v) is 2.68. The molecular weight excluding hydrogens is 254 g/mol. The Morgan fingerprint density at radius 3 is 2.53 bits per heavy atom. The smallest absolute Gasteiger partial charge is 0.122 e. The zero-order valence-corrected chi connectivity index (χ0v) is 9.44. The van der Waals surface area contributed by atoms with E-state index in [0.29, 0.717) is 5.70 Å². The minimum Gasteiger partial charge on any atom is -0.145 e. The van der Waals surface area contributed by atoms with E-state index in [9.17, 15) is 4.91 Å². The molecule has 74 valence electrons. The SMILES string of the molecule is O=N/C(=C/Br)c1ccc2ccccc2c1. The van der Waals surface area contributed by atoms with Crippen LogP contribution < -0.4 is 0 Å². The molecule has 0 aromatic heterocycles. The van der Waals surface area contributed by atoms with Crippen LogP contribution in [0.2, 0.25) is 0 Å². The molecule has 0 unspecified atom stereocenters. The van der Waals surface area contributed by atoms with Crippen molar-refractivity contribution in [2.24, 2.45) is 5.18 Å². The van der Waals surface area contributed by atoms with Crippen LogP contribution in [0.1, 0.15) is 5.56 Å². The zero-order valence-electron chi connectivity index (χ0n) is 7.85. The standard InChI is InChI=1S/C12H8BrNO/c13-8-12(14-15)11-6-5-9-3-1-2-4-10(9)7-11/h1-8H/b12-8+. The van der Waals surface area contributed by atoms with Gasteiger partial charge in [-0.2, -0.15) is 0 Å².